The Morgan fingerprint density at radius 1 is 0.431 bits per heavy atom. The highest BCUT2D eigenvalue weighted by Gasteiger charge is 2.56. The first-order chi connectivity index (χ1) is 47.5. The maximum absolute atomic E-state index is 17.2. The second-order valence-electron chi connectivity index (χ2n) is 27.8. The molecule has 35 heteroatoms. The van der Waals surface area contributed by atoms with Gasteiger partial charge in [-0.05, 0) is 78.8 Å². The zero-order valence-corrected chi connectivity index (χ0v) is 59.9. The van der Waals surface area contributed by atoms with E-state index >= 15 is 4.11 Å². The molecule has 1 aliphatic rings. The summed E-state index contributed by atoms with van der Waals surface area (Å²) >= 11 is 0. The summed E-state index contributed by atoms with van der Waals surface area (Å²) in [5.74, 6) is -21.2. The molecule has 0 radical (unpaired) electrons. The van der Waals surface area contributed by atoms with Crippen LogP contribution in [0.25, 0.3) is 0 Å². The fourth-order valence-corrected chi connectivity index (χ4v) is 16.8. The molecular formula is C67H103FN8O25Si. The zero-order chi connectivity index (χ0) is 77.2. The van der Waals surface area contributed by atoms with Gasteiger partial charge in [-0.1, -0.05) is 60.1 Å². The van der Waals surface area contributed by atoms with Crippen molar-refractivity contribution in [3.8, 4) is 0 Å². The van der Waals surface area contributed by atoms with Gasteiger partial charge in [0, 0.05) is 129 Å². The van der Waals surface area contributed by atoms with Crippen LogP contribution in [0.1, 0.15) is 167 Å². The molecule has 13 N–H and O–H groups in total. The summed E-state index contributed by atoms with van der Waals surface area (Å²) in [7, 11) is -3.76. The Hall–Kier alpha value is -8.67. The summed E-state index contributed by atoms with van der Waals surface area (Å²) in [5, 5.41) is 96.1. The molecule has 4 amide bonds. The van der Waals surface area contributed by atoms with Crippen molar-refractivity contribution >= 4 is 108 Å². The van der Waals surface area contributed by atoms with Crippen LogP contribution < -0.4 is 26.5 Å². The number of ketones is 3. The van der Waals surface area contributed by atoms with E-state index in [-0.39, 0.29) is 141 Å². The van der Waals surface area contributed by atoms with Gasteiger partial charge in [0.15, 0.2) is 0 Å². The molecule has 1 aromatic rings. The number of nitrogens with zero attached hydrogens (tertiary/aromatic N) is 4. The Morgan fingerprint density at radius 3 is 1.32 bits per heavy atom. The van der Waals surface area contributed by atoms with Crippen molar-refractivity contribution < 1.29 is 127 Å². The average molecular weight is 1470 g/mol. The lowest BCUT2D eigenvalue weighted by molar-refractivity contribution is -0.147. The molecule has 1 aromatic carbocycles. The van der Waals surface area contributed by atoms with Gasteiger partial charge >= 0.3 is 53.7 Å². The first-order valence-corrected chi connectivity index (χ1v) is 35.8. The zero-order valence-electron chi connectivity index (χ0n) is 58.9. The number of carboxylic acid groups (broad SMARTS) is 9. The molecule has 1 saturated heterocycles. The first-order valence-electron chi connectivity index (χ1n) is 34.0. The molecule has 1 fully saturated rings. The largest absolute Gasteiger partial charge is 0.481 e. The van der Waals surface area contributed by atoms with Crippen LogP contribution in [0.2, 0.25) is 10.1 Å². The Morgan fingerprint density at radius 2 is 0.882 bits per heavy atom. The van der Waals surface area contributed by atoms with Crippen LogP contribution in [-0.2, 0) is 71.9 Å². The molecule has 33 nitrogen and oxygen atoms in total. The topological polar surface area (TPSA) is 516 Å². The number of carbonyl (C=O) groups excluding carboxylic acids is 7. The molecule has 0 bridgehead atoms. The lowest BCUT2D eigenvalue weighted by atomic mass is 9.90. The molecule has 0 spiro atoms. The van der Waals surface area contributed by atoms with E-state index in [9.17, 15) is 118 Å². The number of carbonyl (C=O) groups is 16. The number of benzene rings is 1. The van der Waals surface area contributed by atoms with Crippen molar-refractivity contribution in [2.75, 3.05) is 85.1 Å². The van der Waals surface area contributed by atoms with E-state index in [4.69, 9.17) is 5.11 Å². The minimum atomic E-state index is -3.76. The van der Waals surface area contributed by atoms with Crippen molar-refractivity contribution in [1.29, 1.82) is 0 Å². The van der Waals surface area contributed by atoms with Gasteiger partial charge in [0.25, 0.3) is 14.3 Å². The summed E-state index contributed by atoms with van der Waals surface area (Å²) < 4.78 is 17.2. The third-order valence-electron chi connectivity index (χ3n) is 17.7. The number of aliphatic carboxylic acids is 9. The van der Waals surface area contributed by atoms with Crippen LogP contribution in [0.5, 0.6) is 0 Å². The predicted octanol–water partition coefficient (Wildman–Crippen LogP) is 2.15. The third kappa shape index (κ3) is 33.4. The number of rotatable bonds is 47. The molecular weight excluding hydrogens is 1360 g/mol. The number of Topliss-reactive ketones (excluding diaryl/α,β-unsaturated/α-hetero) is 3. The van der Waals surface area contributed by atoms with E-state index in [1.165, 1.54) is 43.9 Å². The standard InChI is InChI=1S/C67H103FN8O25Si/c1-66(2,3)102(68,67(4,5)6)49-20-14-42(15-21-49)59(90)70-38-45(37-47(78)18-22-52(65(100)101)76-33-31-74(40-57(86)87)29-27-73(39-56(84)85)28-30-75(32-34-76)41-58(88)89)60(91)72-51(64(98)99)13-9-10-26-69-53(80)24-19-46(77)11-7-8-12-50(63(96)97)71-54(81)23-16-43(61(92)93)35-48(79)36-44(62(94)95)17-25-55(82)83/h14-15,20-21,43-45,50-52H,7-13,16-19,22-41H2,1-6H3,(H,69,80)(H,70,90)(H,71,81)(H,72,91)(H,82,83)(H,84,85)(H,86,87)(H,88,89)(H,92,93)(H,94,95)(H,96,97)(H,98,99)(H,100,101)/t43-,44-,45+,50+,51+,52+/m1/s1. The number of unbranched alkanes of at least 4 members (excludes halogenated alkanes) is 2. The fraction of sp³-hybridized carbons (Fsp3) is 0.672. The number of amides is 4. The smallest absolute Gasteiger partial charge is 0.326 e. The van der Waals surface area contributed by atoms with Gasteiger partial charge in [0.2, 0.25) is 17.7 Å². The monoisotopic (exact) mass is 1470 g/mol. The lowest BCUT2D eigenvalue weighted by Gasteiger charge is -2.44. The van der Waals surface area contributed by atoms with Crippen molar-refractivity contribution in [3.63, 3.8) is 0 Å². The van der Waals surface area contributed by atoms with Crippen LogP contribution in [0.15, 0.2) is 24.3 Å². The quantitative estimate of drug-likeness (QED) is 0.0253. The maximum atomic E-state index is 17.2. The van der Waals surface area contributed by atoms with E-state index in [2.05, 4.69) is 21.3 Å². The van der Waals surface area contributed by atoms with E-state index in [1.807, 2.05) is 41.5 Å². The van der Waals surface area contributed by atoms with E-state index in [1.54, 1.807) is 0 Å². The number of carboxylic acids is 9. The minimum Gasteiger partial charge on any atom is -0.481 e. The highest BCUT2D eigenvalue weighted by atomic mass is 28.4. The van der Waals surface area contributed by atoms with Crippen LogP contribution in [0.3, 0.4) is 0 Å². The third-order valence-corrected chi connectivity index (χ3v) is 23.0. The van der Waals surface area contributed by atoms with Gasteiger partial charge in [-0.25, -0.2) is 9.59 Å². The predicted molar refractivity (Wildman–Crippen MR) is 364 cm³/mol. The van der Waals surface area contributed by atoms with E-state index < -0.39 is 214 Å². The van der Waals surface area contributed by atoms with Gasteiger partial charge in [0.1, 0.15) is 35.5 Å². The normalized spacial score (nSPS) is 15.8. The van der Waals surface area contributed by atoms with Crippen LogP contribution in [0.4, 0.5) is 4.11 Å². The van der Waals surface area contributed by atoms with Crippen molar-refractivity contribution in [2.24, 2.45) is 17.8 Å². The molecule has 6 atom stereocenters. The second-order valence-corrected chi connectivity index (χ2v) is 32.7. The van der Waals surface area contributed by atoms with Crippen molar-refractivity contribution in [1.82, 2.24) is 40.9 Å². The first kappa shape index (κ1) is 89.4. The SMILES string of the molecule is CC(C)(C)[Si](F)(c1ccc(C(=O)NC[C@H](CC(=O)CC[C@@H](C(=O)O)N2CCN(CC(=O)O)CCN(CC(=O)O)CCN(CC(=O)O)CC2)C(=O)N[C@@H](CCCCNC(=O)CCC(=O)CCCC[C@H](NC(=O)CC[C@H](CC(=O)C[C@@H](CCC(=O)O)C(=O)O)C(=O)O)C(=O)O)C(=O)O)cc1)C(C)(C)C. The lowest BCUT2D eigenvalue weighted by Crippen LogP contribution is -2.57. The Kier molecular flexibility index (Phi) is 38.5. The average Bonchev–Trinajstić information content (AvgIpc) is 0.748. The number of hydrogen-bond donors (Lipinski definition) is 13. The number of hydrogen-bond acceptors (Lipinski definition) is 20. The van der Waals surface area contributed by atoms with Gasteiger partial charge in [0.05, 0.1) is 37.4 Å². The number of halogens is 1. The van der Waals surface area contributed by atoms with Crippen LogP contribution >= 0.6 is 0 Å². The molecule has 1 heterocycles. The van der Waals surface area contributed by atoms with Crippen LogP contribution in [0, 0.1) is 17.8 Å². The molecule has 0 aliphatic carbocycles. The summed E-state index contributed by atoms with van der Waals surface area (Å²) in [4.78, 5) is 206. The van der Waals surface area contributed by atoms with E-state index in [0.717, 1.165) is 0 Å². The highest BCUT2D eigenvalue weighted by molar-refractivity contribution is 6.90. The molecule has 102 heavy (non-hydrogen) atoms. The molecule has 1 aliphatic heterocycles. The highest BCUT2D eigenvalue weighted by Crippen LogP contribution is 2.51. The molecule has 0 saturated carbocycles. The molecule has 0 unspecified atom stereocenters. The summed E-state index contributed by atoms with van der Waals surface area (Å²) in [6.07, 6.45) is -4.80. The minimum absolute atomic E-state index is 0.0163. The Bertz CT molecular complexity index is 3040. The summed E-state index contributed by atoms with van der Waals surface area (Å²) in [5.41, 5.74) is 0.0713. The fourth-order valence-electron chi connectivity index (χ4n) is 12.2. The van der Waals surface area contributed by atoms with Crippen LogP contribution in [-0.4, -0.2) is 272 Å². The molecule has 2 rings (SSSR count). The molecule has 572 valence electrons. The summed E-state index contributed by atoms with van der Waals surface area (Å²) in [6.45, 7) is 8.94. The maximum Gasteiger partial charge on any atom is 0.326 e. The van der Waals surface area contributed by atoms with Gasteiger partial charge in [-0.3, -0.25) is 86.7 Å². The van der Waals surface area contributed by atoms with Gasteiger partial charge in [-0.2, -0.15) is 0 Å². The Labute approximate surface area is 591 Å². The number of nitrogens with one attached hydrogen (secondary N) is 4. The Balaban J connectivity index is 2.15. The van der Waals surface area contributed by atoms with Gasteiger partial charge in [-0.15, -0.1) is 0 Å². The second kappa shape index (κ2) is 44.0. The molecule has 0 aromatic heterocycles. The van der Waals surface area contributed by atoms with Crippen molar-refractivity contribution in [3.05, 3.63) is 29.8 Å². The van der Waals surface area contributed by atoms with Crippen molar-refractivity contribution in [2.45, 2.75) is 185 Å². The summed E-state index contributed by atoms with van der Waals surface area (Å²) in [6, 6.07) is 1.51. The van der Waals surface area contributed by atoms with E-state index in [0.29, 0.717) is 5.19 Å². The van der Waals surface area contributed by atoms with Gasteiger partial charge < -0.3 is 71.3 Å².